The zero-order chi connectivity index (χ0) is 22.3. The average molecular weight is 499 g/mol. The van der Waals surface area contributed by atoms with E-state index < -0.39 is 5.54 Å². The molecule has 2 amide bonds. The number of fused-ring (bicyclic) bond motifs is 1. The summed E-state index contributed by atoms with van der Waals surface area (Å²) in [5.74, 6) is 0.271. The zero-order valence-electron chi connectivity index (χ0n) is 18.6. The van der Waals surface area contributed by atoms with Gasteiger partial charge in [-0.3, -0.25) is 14.3 Å². The summed E-state index contributed by atoms with van der Waals surface area (Å²) in [7, 11) is 0. The van der Waals surface area contributed by atoms with Crippen LogP contribution in [-0.2, 0) is 17.9 Å². The van der Waals surface area contributed by atoms with Gasteiger partial charge in [-0.25, -0.2) is 0 Å². The molecule has 0 bridgehead atoms. The van der Waals surface area contributed by atoms with Gasteiger partial charge in [0, 0.05) is 23.0 Å². The largest absolute Gasteiger partial charge is 0.351 e. The topological polar surface area (TPSA) is 67.2 Å². The lowest BCUT2D eigenvalue weighted by atomic mass is 9.93. The van der Waals surface area contributed by atoms with Gasteiger partial charge < -0.3 is 10.2 Å². The molecule has 7 heteroatoms. The van der Waals surface area contributed by atoms with Gasteiger partial charge in [0.05, 0.1) is 12.2 Å². The Bertz CT molecular complexity index is 1020. The number of amides is 2. The van der Waals surface area contributed by atoms with Gasteiger partial charge in [-0.1, -0.05) is 59.8 Å². The Morgan fingerprint density at radius 3 is 2.56 bits per heavy atom. The fourth-order valence-electron chi connectivity index (χ4n) is 5.05. The van der Waals surface area contributed by atoms with E-state index >= 15 is 0 Å². The summed E-state index contributed by atoms with van der Waals surface area (Å²) in [6.45, 7) is 2.65. The molecule has 1 N–H and O–H groups in total. The molecule has 1 atom stereocenters. The van der Waals surface area contributed by atoms with Gasteiger partial charge in [0.1, 0.15) is 11.2 Å². The zero-order valence-corrected chi connectivity index (χ0v) is 20.2. The summed E-state index contributed by atoms with van der Waals surface area (Å²) < 4.78 is 2.72. The SMILES string of the molecule is C[C@@]1(C(=O)NC2CCCCCC2)Cn2nc(C3CC3)cc2C(=O)N1Cc1ccccc1Br. The average Bonchev–Trinajstić information content (AvgIpc) is 3.58. The van der Waals surface area contributed by atoms with E-state index in [1.54, 1.807) is 9.58 Å². The van der Waals surface area contributed by atoms with Crippen LogP contribution in [0.2, 0.25) is 0 Å². The van der Waals surface area contributed by atoms with Crippen LogP contribution in [0.25, 0.3) is 0 Å². The number of hydrogen-bond donors (Lipinski definition) is 1. The molecular formula is C25H31BrN4O2. The molecule has 0 spiro atoms. The Kier molecular flexibility index (Phi) is 5.86. The van der Waals surface area contributed by atoms with Crippen LogP contribution in [0.1, 0.15) is 86.0 Å². The normalized spacial score (nSPS) is 24.2. The number of halogens is 1. The van der Waals surface area contributed by atoms with E-state index in [0.717, 1.165) is 54.3 Å². The molecule has 32 heavy (non-hydrogen) atoms. The maximum absolute atomic E-state index is 13.7. The monoisotopic (exact) mass is 498 g/mol. The first-order valence-electron chi connectivity index (χ1n) is 11.9. The number of nitrogens with one attached hydrogen (secondary N) is 1. The van der Waals surface area contributed by atoms with Crippen LogP contribution in [0.15, 0.2) is 34.8 Å². The lowest BCUT2D eigenvalue weighted by Gasteiger charge is -2.44. The van der Waals surface area contributed by atoms with Crippen molar-refractivity contribution in [3.63, 3.8) is 0 Å². The maximum atomic E-state index is 13.7. The van der Waals surface area contributed by atoms with Crippen LogP contribution in [0, 0.1) is 0 Å². The summed E-state index contributed by atoms with van der Waals surface area (Å²) in [6, 6.07) is 10.0. The molecule has 0 saturated heterocycles. The number of rotatable bonds is 5. The highest BCUT2D eigenvalue weighted by molar-refractivity contribution is 9.10. The van der Waals surface area contributed by atoms with E-state index in [9.17, 15) is 9.59 Å². The Balaban J connectivity index is 1.48. The van der Waals surface area contributed by atoms with Gasteiger partial charge in [0.2, 0.25) is 5.91 Å². The van der Waals surface area contributed by atoms with Gasteiger partial charge in [0.25, 0.3) is 5.91 Å². The van der Waals surface area contributed by atoms with Crippen LogP contribution >= 0.6 is 15.9 Å². The fourth-order valence-corrected chi connectivity index (χ4v) is 5.46. The molecule has 2 fully saturated rings. The van der Waals surface area contributed by atoms with E-state index in [0.29, 0.717) is 24.7 Å². The number of benzene rings is 1. The van der Waals surface area contributed by atoms with E-state index in [4.69, 9.17) is 5.10 Å². The van der Waals surface area contributed by atoms with Gasteiger partial charge in [0.15, 0.2) is 0 Å². The molecule has 1 aliphatic heterocycles. The third-order valence-corrected chi connectivity index (χ3v) is 8.05. The molecule has 1 aromatic heterocycles. The number of nitrogens with zero attached hydrogens (tertiary/aromatic N) is 3. The molecule has 2 saturated carbocycles. The number of carbonyl (C=O) groups is 2. The first kappa shape index (κ1) is 21.7. The van der Waals surface area contributed by atoms with Crippen molar-refractivity contribution in [1.29, 1.82) is 0 Å². The lowest BCUT2D eigenvalue weighted by Crippen LogP contribution is -2.64. The van der Waals surface area contributed by atoms with Crippen LogP contribution in [-0.4, -0.2) is 38.1 Å². The highest BCUT2D eigenvalue weighted by Gasteiger charge is 2.49. The third kappa shape index (κ3) is 4.12. The molecule has 0 unspecified atom stereocenters. The summed E-state index contributed by atoms with van der Waals surface area (Å²) >= 11 is 3.61. The Morgan fingerprint density at radius 1 is 1.16 bits per heavy atom. The molecule has 2 aromatic rings. The second kappa shape index (κ2) is 8.65. The standard InChI is InChI=1S/C25H31BrN4O2/c1-25(24(32)27-19-9-4-2-3-5-10-19)16-30-22(14-21(28-30)17-12-13-17)23(31)29(25)15-18-8-6-7-11-20(18)26/h6-8,11,14,17,19H,2-5,9-10,12-13,15-16H2,1H3,(H,27,32)/t25-/m0/s1. The summed E-state index contributed by atoms with van der Waals surface area (Å²) in [5, 5.41) is 8.05. The minimum Gasteiger partial charge on any atom is -0.351 e. The van der Waals surface area contributed by atoms with Crippen molar-refractivity contribution in [3.05, 3.63) is 51.8 Å². The fraction of sp³-hybridized carbons (Fsp3) is 0.560. The van der Waals surface area contributed by atoms with Gasteiger partial charge >= 0.3 is 0 Å². The van der Waals surface area contributed by atoms with Crippen LogP contribution in [0.5, 0.6) is 0 Å². The molecule has 5 rings (SSSR count). The van der Waals surface area contributed by atoms with Gasteiger partial charge in [-0.05, 0) is 50.3 Å². The first-order chi connectivity index (χ1) is 15.5. The van der Waals surface area contributed by atoms with Crippen molar-refractivity contribution in [1.82, 2.24) is 20.0 Å². The van der Waals surface area contributed by atoms with Crippen molar-refractivity contribution < 1.29 is 9.59 Å². The van der Waals surface area contributed by atoms with Gasteiger partial charge in [-0.15, -0.1) is 0 Å². The second-order valence-corrected chi connectivity index (χ2v) is 10.7. The molecule has 3 aliphatic rings. The number of aromatic nitrogens is 2. The molecular weight excluding hydrogens is 468 g/mol. The molecule has 0 radical (unpaired) electrons. The lowest BCUT2D eigenvalue weighted by molar-refractivity contribution is -0.134. The second-order valence-electron chi connectivity index (χ2n) is 9.80. The van der Waals surface area contributed by atoms with Crippen molar-refractivity contribution in [2.45, 2.75) is 88.9 Å². The predicted octanol–water partition coefficient (Wildman–Crippen LogP) is 4.78. The molecule has 170 valence electrons. The van der Waals surface area contributed by atoms with E-state index in [2.05, 4.69) is 21.2 Å². The van der Waals surface area contributed by atoms with Crippen molar-refractivity contribution >= 4 is 27.7 Å². The van der Waals surface area contributed by atoms with Crippen LogP contribution < -0.4 is 5.32 Å². The van der Waals surface area contributed by atoms with Crippen LogP contribution in [0.3, 0.4) is 0 Å². The minimum absolute atomic E-state index is 0.0704. The summed E-state index contributed by atoms with van der Waals surface area (Å²) in [5.41, 5.74) is 1.57. The smallest absolute Gasteiger partial charge is 0.273 e. The Labute approximate surface area is 197 Å². The maximum Gasteiger partial charge on any atom is 0.273 e. The quantitative estimate of drug-likeness (QED) is 0.603. The van der Waals surface area contributed by atoms with Gasteiger partial charge in [-0.2, -0.15) is 5.10 Å². The Hall–Kier alpha value is -2.15. The van der Waals surface area contributed by atoms with Crippen molar-refractivity contribution in [2.24, 2.45) is 0 Å². The third-order valence-electron chi connectivity index (χ3n) is 7.28. The van der Waals surface area contributed by atoms with Crippen molar-refractivity contribution in [2.75, 3.05) is 0 Å². The first-order valence-corrected chi connectivity index (χ1v) is 12.7. The van der Waals surface area contributed by atoms with Crippen LogP contribution in [0.4, 0.5) is 0 Å². The van der Waals surface area contributed by atoms with E-state index in [1.807, 2.05) is 37.3 Å². The molecule has 2 heterocycles. The molecule has 2 aliphatic carbocycles. The number of carbonyl (C=O) groups excluding carboxylic acids is 2. The highest BCUT2D eigenvalue weighted by atomic mass is 79.9. The van der Waals surface area contributed by atoms with E-state index in [1.165, 1.54) is 12.8 Å². The summed E-state index contributed by atoms with van der Waals surface area (Å²) in [6.07, 6.45) is 9.05. The molecule has 1 aromatic carbocycles. The van der Waals surface area contributed by atoms with E-state index in [-0.39, 0.29) is 17.9 Å². The number of hydrogen-bond acceptors (Lipinski definition) is 3. The Morgan fingerprint density at radius 2 is 1.88 bits per heavy atom. The summed E-state index contributed by atoms with van der Waals surface area (Å²) in [4.78, 5) is 29.2. The highest BCUT2D eigenvalue weighted by Crippen LogP contribution is 2.41. The van der Waals surface area contributed by atoms with Crippen molar-refractivity contribution in [3.8, 4) is 0 Å². The predicted molar refractivity (Wildman–Crippen MR) is 126 cm³/mol. The minimum atomic E-state index is -1.00. The molecule has 6 nitrogen and oxygen atoms in total.